The van der Waals surface area contributed by atoms with E-state index < -0.39 is 0 Å². The van der Waals surface area contributed by atoms with Gasteiger partial charge in [0, 0.05) is 23.6 Å². The predicted octanol–water partition coefficient (Wildman–Crippen LogP) is 5.30. The van der Waals surface area contributed by atoms with E-state index in [0.717, 1.165) is 16.5 Å². The van der Waals surface area contributed by atoms with Crippen LogP contribution in [0.25, 0.3) is 10.9 Å². The number of ketones is 1. The summed E-state index contributed by atoms with van der Waals surface area (Å²) in [5.41, 5.74) is 3.03. The van der Waals surface area contributed by atoms with Crippen LogP contribution in [0, 0.1) is 0 Å². The van der Waals surface area contributed by atoms with E-state index in [1.54, 1.807) is 30.5 Å². The van der Waals surface area contributed by atoms with Gasteiger partial charge in [-0.25, -0.2) is 4.39 Å². The van der Waals surface area contributed by atoms with Gasteiger partial charge in [-0.05, 0) is 54.0 Å². The van der Waals surface area contributed by atoms with Crippen LogP contribution in [0.2, 0.25) is 0 Å². The SMILES string of the molecule is CCC(=CF)COc1ccc(C(=O)Cc2ccc3cccnc3c2)cc1. The van der Waals surface area contributed by atoms with Crippen molar-refractivity contribution in [2.24, 2.45) is 0 Å². The number of aromatic nitrogens is 1. The Hall–Kier alpha value is -3.01. The van der Waals surface area contributed by atoms with Gasteiger partial charge in [0.05, 0.1) is 11.8 Å². The number of nitrogens with zero attached hydrogens (tertiary/aromatic N) is 1. The highest BCUT2D eigenvalue weighted by atomic mass is 19.1. The molecule has 26 heavy (non-hydrogen) atoms. The van der Waals surface area contributed by atoms with E-state index in [4.69, 9.17) is 4.74 Å². The van der Waals surface area contributed by atoms with Gasteiger partial charge in [0.15, 0.2) is 5.78 Å². The number of ether oxygens (including phenoxy) is 1. The highest BCUT2D eigenvalue weighted by molar-refractivity contribution is 5.98. The number of carbonyl (C=O) groups is 1. The molecule has 3 nitrogen and oxygen atoms in total. The molecule has 0 saturated heterocycles. The van der Waals surface area contributed by atoms with E-state index in [9.17, 15) is 9.18 Å². The Labute approximate surface area is 152 Å². The summed E-state index contributed by atoms with van der Waals surface area (Å²) in [6.07, 6.45) is 3.25. The molecule has 0 fully saturated rings. The molecule has 0 saturated carbocycles. The number of benzene rings is 2. The summed E-state index contributed by atoms with van der Waals surface area (Å²) in [6.45, 7) is 2.09. The smallest absolute Gasteiger partial charge is 0.167 e. The van der Waals surface area contributed by atoms with Gasteiger partial charge in [-0.3, -0.25) is 9.78 Å². The quantitative estimate of drug-likeness (QED) is 0.543. The molecule has 0 N–H and O–H groups in total. The minimum atomic E-state index is 0.0322. The molecular weight excluding hydrogens is 329 g/mol. The fraction of sp³-hybridized carbons (Fsp3) is 0.182. The molecule has 4 heteroatoms. The maximum atomic E-state index is 12.5. The van der Waals surface area contributed by atoms with Crippen molar-refractivity contribution in [3.8, 4) is 5.75 Å². The minimum absolute atomic E-state index is 0.0322. The Morgan fingerprint density at radius 2 is 1.96 bits per heavy atom. The number of fused-ring (bicyclic) bond motifs is 1. The molecule has 0 amide bonds. The Balaban J connectivity index is 1.65. The first kappa shape index (κ1) is 17.8. The van der Waals surface area contributed by atoms with Gasteiger partial charge in [-0.15, -0.1) is 0 Å². The third kappa shape index (κ3) is 4.33. The number of hydrogen-bond acceptors (Lipinski definition) is 3. The van der Waals surface area contributed by atoms with Crippen molar-refractivity contribution in [1.82, 2.24) is 4.98 Å². The maximum absolute atomic E-state index is 12.5. The molecule has 0 spiro atoms. The standard InChI is InChI=1S/C22H20FNO2/c1-2-16(14-23)15-26-20-9-7-19(8-10-20)22(25)13-17-5-6-18-4-3-11-24-21(18)12-17/h3-12,14H,2,13,15H2,1H3. The topological polar surface area (TPSA) is 39.2 Å². The molecule has 1 heterocycles. The average molecular weight is 349 g/mol. The Kier molecular flexibility index (Phi) is 5.74. The molecule has 3 rings (SSSR count). The summed E-state index contributed by atoms with van der Waals surface area (Å²) < 4.78 is 18.1. The first-order valence-corrected chi connectivity index (χ1v) is 8.57. The summed E-state index contributed by atoms with van der Waals surface area (Å²) >= 11 is 0. The van der Waals surface area contributed by atoms with Crippen molar-refractivity contribution >= 4 is 16.7 Å². The zero-order chi connectivity index (χ0) is 18.4. The lowest BCUT2D eigenvalue weighted by atomic mass is 10.0. The van der Waals surface area contributed by atoms with Gasteiger partial charge in [-0.1, -0.05) is 25.1 Å². The Bertz CT molecular complexity index is 932. The third-order valence-electron chi connectivity index (χ3n) is 4.24. The van der Waals surface area contributed by atoms with Gasteiger partial charge in [0.1, 0.15) is 12.4 Å². The van der Waals surface area contributed by atoms with Crippen molar-refractivity contribution < 1.29 is 13.9 Å². The average Bonchev–Trinajstić information content (AvgIpc) is 2.69. The Morgan fingerprint density at radius 1 is 1.15 bits per heavy atom. The number of Topliss-reactive ketones (excluding diaryl/α,β-unsaturated/α-hetero) is 1. The molecule has 2 aromatic carbocycles. The molecule has 132 valence electrons. The van der Waals surface area contributed by atoms with Crippen LogP contribution in [0.15, 0.2) is 72.7 Å². The van der Waals surface area contributed by atoms with Crippen molar-refractivity contribution in [2.45, 2.75) is 19.8 Å². The van der Waals surface area contributed by atoms with Crippen molar-refractivity contribution in [3.05, 3.63) is 83.8 Å². The van der Waals surface area contributed by atoms with Crippen LogP contribution in [-0.2, 0) is 6.42 Å². The van der Waals surface area contributed by atoms with Crippen LogP contribution in [0.3, 0.4) is 0 Å². The van der Waals surface area contributed by atoms with E-state index >= 15 is 0 Å². The second-order valence-corrected chi connectivity index (χ2v) is 6.06. The van der Waals surface area contributed by atoms with E-state index in [0.29, 0.717) is 36.1 Å². The van der Waals surface area contributed by atoms with Crippen molar-refractivity contribution in [1.29, 1.82) is 0 Å². The molecule has 0 atom stereocenters. The van der Waals surface area contributed by atoms with E-state index in [2.05, 4.69) is 4.98 Å². The molecule has 0 aliphatic carbocycles. The molecule has 0 bridgehead atoms. The third-order valence-corrected chi connectivity index (χ3v) is 4.24. The zero-order valence-corrected chi connectivity index (χ0v) is 14.6. The summed E-state index contributed by atoms with van der Waals surface area (Å²) in [4.78, 5) is 16.8. The predicted molar refractivity (Wildman–Crippen MR) is 101 cm³/mol. The molecule has 0 aliphatic rings. The van der Waals surface area contributed by atoms with E-state index in [1.807, 2.05) is 37.3 Å². The second kappa shape index (κ2) is 8.39. The number of rotatable bonds is 7. The fourth-order valence-electron chi connectivity index (χ4n) is 2.63. The second-order valence-electron chi connectivity index (χ2n) is 6.06. The van der Waals surface area contributed by atoms with Crippen LogP contribution in [-0.4, -0.2) is 17.4 Å². The minimum Gasteiger partial charge on any atom is -0.489 e. The van der Waals surface area contributed by atoms with E-state index in [-0.39, 0.29) is 12.4 Å². The first-order valence-electron chi connectivity index (χ1n) is 8.57. The molecule has 0 aliphatic heterocycles. The molecule has 3 aromatic rings. The molecule has 1 aromatic heterocycles. The number of halogens is 1. The normalized spacial score (nSPS) is 11.5. The summed E-state index contributed by atoms with van der Waals surface area (Å²) in [5.74, 6) is 0.647. The zero-order valence-electron chi connectivity index (χ0n) is 14.6. The lowest BCUT2D eigenvalue weighted by molar-refractivity contribution is 0.0993. The van der Waals surface area contributed by atoms with Gasteiger partial charge in [0.25, 0.3) is 0 Å². The van der Waals surface area contributed by atoms with Gasteiger partial charge < -0.3 is 4.74 Å². The van der Waals surface area contributed by atoms with Crippen LogP contribution in [0.5, 0.6) is 5.75 Å². The Morgan fingerprint density at radius 3 is 2.69 bits per heavy atom. The van der Waals surface area contributed by atoms with Crippen molar-refractivity contribution in [2.75, 3.05) is 6.61 Å². The molecule has 0 radical (unpaired) electrons. The van der Waals surface area contributed by atoms with Crippen LogP contribution in [0.1, 0.15) is 29.3 Å². The number of hydrogen-bond donors (Lipinski definition) is 0. The fourth-order valence-corrected chi connectivity index (χ4v) is 2.63. The summed E-state index contributed by atoms with van der Waals surface area (Å²) in [6, 6.07) is 16.7. The van der Waals surface area contributed by atoms with Gasteiger partial charge >= 0.3 is 0 Å². The van der Waals surface area contributed by atoms with Gasteiger partial charge in [-0.2, -0.15) is 0 Å². The highest BCUT2D eigenvalue weighted by Crippen LogP contribution is 2.18. The lowest BCUT2D eigenvalue weighted by Crippen LogP contribution is -2.04. The van der Waals surface area contributed by atoms with Crippen molar-refractivity contribution in [3.63, 3.8) is 0 Å². The number of pyridine rings is 1. The maximum Gasteiger partial charge on any atom is 0.167 e. The monoisotopic (exact) mass is 349 g/mol. The first-order chi connectivity index (χ1) is 12.7. The largest absolute Gasteiger partial charge is 0.489 e. The number of carbonyl (C=O) groups excluding carboxylic acids is 1. The van der Waals surface area contributed by atoms with E-state index in [1.165, 1.54) is 0 Å². The molecular formula is C22H20FNO2. The highest BCUT2D eigenvalue weighted by Gasteiger charge is 2.08. The van der Waals surface area contributed by atoms with Gasteiger partial charge in [0.2, 0.25) is 0 Å². The van der Waals surface area contributed by atoms with Crippen LogP contribution >= 0.6 is 0 Å². The van der Waals surface area contributed by atoms with Crippen LogP contribution in [0.4, 0.5) is 4.39 Å². The molecule has 0 unspecified atom stereocenters. The lowest BCUT2D eigenvalue weighted by Gasteiger charge is -2.08. The van der Waals surface area contributed by atoms with Crippen LogP contribution < -0.4 is 4.74 Å². The summed E-state index contributed by atoms with van der Waals surface area (Å²) in [7, 11) is 0. The summed E-state index contributed by atoms with van der Waals surface area (Å²) in [5, 5.41) is 1.05.